The molecule has 1 N–H and O–H groups in total. The van der Waals surface area contributed by atoms with Crippen LogP contribution in [0.2, 0.25) is 0 Å². The van der Waals surface area contributed by atoms with Gasteiger partial charge >= 0.3 is 0 Å². The molecule has 0 heterocycles. The Balaban J connectivity index is 2.08. The van der Waals surface area contributed by atoms with E-state index < -0.39 is 0 Å². The van der Waals surface area contributed by atoms with Gasteiger partial charge in [0.2, 0.25) is 0 Å². The first kappa shape index (κ1) is 12.4. The Hall–Kier alpha value is -2.07. The molecule has 0 unspecified atom stereocenters. The molecule has 0 aromatic heterocycles. The first-order chi connectivity index (χ1) is 8.66. The molecule has 0 bridgehead atoms. The van der Waals surface area contributed by atoms with Gasteiger partial charge < -0.3 is 5.32 Å². The fourth-order valence-corrected chi connectivity index (χ4v) is 1.67. The van der Waals surface area contributed by atoms with E-state index in [0.717, 1.165) is 5.56 Å². The summed E-state index contributed by atoms with van der Waals surface area (Å²) in [5.41, 5.74) is 1.14. The molecule has 4 heteroatoms. The number of thiocarbonyl (C=S) groups is 1. The molecule has 18 heavy (non-hydrogen) atoms. The molecule has 2 rings (SSSR count). The van der Waals surface area contributed by atoms with Crippen LogP contribution in [0.5, 0.6) is 0 Å². The van der Waals surface area contributed by atoms with Crippen LogP contribution in [-0.4, -0.2) is 10.9 Å². The van der Waals surface area contributed by atoms with Crippen molar-refractivity contribution in [1.29, 1.82) is 0 Å². The zero-order chi connectivity index (χ0) is 13.0. The van der Waals surface area contributed by atoms with Crippen LogP contribution in [0.1, 0.15) is 15.9 Å². The van der Waals surface area contributed by atoms with Gasteiger partial charge in [-0.05, 0) is 24.3 Å². The maximum Gasteiger partial charge on any atom is 0.256 e. The lowest BCUT2D eigenvalue weighted by atomic mass is 10.2. The number of nitrogens with one attached hydrogen (secondary N) is 1. The van der Waals surface area contributed by atoms with Crippen molar-refractivity contribution in [3.05, 3.63) is 71.5 Å². The normalized spacial score (nSPS) is 9.83. The van der Waals surface area contributed by atoms with Gasteiger partial charge in [0.1, 0.15) is 10.8 Å². The van der Waals surface area contributed by atoms with Crippen molar-refractivity contribution in [1.82, 2.24) is 5.32 Å². The van der Waals surface area contributed by atoms with Gasteiger partial charge in [-0.1, -0.05) is 42.5 Å². The average molecular weight is 259 g/mol. The van der Waals surface area contributed by atoms with Gasteiger partial charge in [-0.25, -0.2) is 4.39 Å². The Bertz CT molecular complexity index is 566. The molecule has 2 nitrogen and oxygen atoms in total. The van der Waals surface area contributed by atoms with Gasteiger partial charge in [0, 0.05) is 11.1 Å². The summed E-state index contributed by atoms with van der Waals surface area (Å²) in [6.07, 6.45) is 0. The van der Waals surface area contributed by atoms with Crippen molar-refractivity contribution >= 4 is 23.1 Å². The third-order valence-electron chi connectivity index (χ3n) is 2.37. The monoisotopic (exact) mass is 259 g/mol. The average Bonchev–Trinajstić information content (AvgIpc) is 2.40. The molecule has 2 aromatic rings. The summed E-state index contributed by atoms with van der Waals surface area (Å²) in [4.78, 5) is 12.2. The van der Waals surface area contributed by atoms with Gasteiger partial charge in [-0.3, -0.25) is 4.79 Å². The second-order valence-electron chi connectivity index (χ2n) is 3.66. The molecule has 1 amide bonds. The predicted molar refractivity (Wildman–Crippen MR) is 72.0 cm³/mol. The minimum Gasteiger partial charge on any atom is -0.312 e. The summed E-state index contributed by atoms with van der Waals surface area (Å²) in [5.74, 6) is -0.721. The Labute approximate surface area is 109 Å². The summed E-state index contributed by atoms with van der Waals surface area (Å²) < 4.78 is 12.7. The number of hydrogen-bond donors (Lipinski definition) is 1. The number of benzene rings is 2. The van der Waals surface area contributed by atoms with Gasteiger partial charge in [0.15, 0.2) is 0 Å². The molecule has 0 radical (unpaired) electrons. The number of halogens is 1. The van der Waals surface area contributed by atoms with Crippen LogP contribution in [0.15, 0.2) is 54.6 Å². The molecule has 2 aromatic carbocycles. The molecule has 0 fully saturated rings. The van der Waals surface area contributed by atoms with Crippen molar-refractivity contribution < 1.29 is 9.18 Å². The van der Waals surface area contributed by atoms with E-state index in [9.17, 15) is 9.18 Å². The first-order valence-corrected chi connectivity index (χ1v) is 5.74. The molecule has 0 aliphatic carbocycles. The smallest absolute Gasteiger partial charge is 0.256 e. The van der Waals surface area contributed by atoms with E-state index in [1.54, 1.807) is 0 Å². The Morgan fingerprint density at radius 3 is 2.17 bits per heavy atom. The lowest BCUT2D eigenvalue weighted by Crippen LogP contribution is -2.29. The Morgan fingerprint density at radius 1 is 0.944 bits per heavy atom. The van der Waals surface area contributed by atoms with E-state index in [1.165, 1.54) is 24.3 Å². The van der Waals surface area contributed by atoms with Crippen LogP contribution in [-0.2, 0) is 0 Å². The molecule has 0 saturated heterocycles. The van der Waals surface area contributed by atoms with Crippen LogP contribution < -0.4 is 5.32 Å². The molecule has 0 saturated carbocycles. The van der Waals surface area contributed by atoms with E-state index >= 15 is 0 Å². The highest BCUT2D eigenvalue weighted by Gasteiger charge is 2.08. The van der Waals surface area contributed by atoms with Crippen molar-refractivity contribution in [3.8, 4) is 0 Å². The minimum absolute atomic E-state index is 0.344. The quantitative estimate of drug-likeness (QED) is 0.840. The van der Waals surface area contributed by atoms with Gasteiger partial charge in [0.25, 0.3) is 5.91 Å². The molecule has 0 spiro atoms. The summed E-state index contributed by atoms with van der Waals surface area (Å²) >= 11 is 5.12. The van der Waals surface area contributed by atoms with Gasteiger partial charge in [-0.2, -0.15) is 0 Å². The maximum absolute atomic E-state index is 12.7. The van der Waals surface area contributed by atoms with E-state index in [0.29, 0.717) is 10.6 Å². The largest absolute Gasteiger partial charge is 0.312 e. The fraction of sp³-hybridized carbons (Fsp3) is 0. The summed E-state index contributed by atoms with van der Waals surface area (Å²) in [6.45, 7) is 0. The van der Waals surface area contributed by atoms with Crippen molar-refractivity contribution in [2.45, 2.75) is 0 Å². The zero-order valence-electron chi connectivity index (χ0n) is 9.39. The SMILES string of the molecule is O=C(NC(=S)c1ccccc1)c1ccc(F)cc1. The third kappa shape index (κ3) is 2.99. The predicted octanol–water partition coefficient (Wildman–Crippen LogP) is 2.93. The molecule has 0 aliphatic heterocycles. The number of carbonyl (C=O) groups excluding carboxylic acids is 1. The van der Waals surface area contributed by atoms with Crippen LogP contribution >= 0.6 is 12.2 Å². The second-order valence-corrected chi connectivity index (χ2v) is 4.06. The summed E-state index contributed by atoms with van der Waals surface area (Å²) in [7, 11) is 0. The van der Waals surface area contributed by atoms with E-state index in [4.69, 9.17) is 12.2 Å². The fourth-order valence-electron chi connectivity index (χ4n) is 1.44. The second kappa shape index (κ2) is 5.51. The number of rotatable bonds is 2. The maximum atomic E-state index is 12.7. The number of amides is 1. The van der Waals surface area contributed by atoms with Crippen LogP contribution in [0.3, 0.4) is 0 Å². The number of hydrogen-bond acceptors (Lipinski definition) is 2. The zero-order valence-corrected chi connectivity index (χ0v) is 10.2. The standard InChI is InChI=1S/C14H10FNOS/c15-12-8-6-10(7-9-12)13(17)16-14(18)11-4-2-1-3-5-11/h1-9H,(H,16,17,18). The molecular weight excluding hydrogens is 249 g/mol. The highest BCUT2D eigenvalue weighted by molar-refractivity contribution is 7.80. The first-order valence-electron chi connectivity index (χ1n) is 5.33. The van der Waals surface area contributed by atoms with E-state index in [1.807, 2.05) is 30.3 Å². The van der Waals surface area contributed by atoms with Gasteiger partial charge in [-0.15, -0.1) is 0 Å². The minimum atomic E-state index is -0.378. The highest BCUT2D eigenvalue weighted by atomic mass is 32.1. The molecule has 0 atom stereocenters. The lowest BCUT2D eigenvalue weighted by Gasteiger charge is -2.06. The number of carbonyl (C=O) groups is 1. The Morgan fingerprint density at radius 2 is 1.56 bits per heavy atom. The molecular formula is C14H10FNOS. The summed E-state index contributed by atoms with van der Waals surface area (Å²) in [6, 6.07) is 14.5. The molecule has 90 valence electrons. The van der Waals surface area contributed by atoms with Gasteiger partial charge in [0.05, 0.1) is 0 Å². The lowest BCUT2D eigenvalue weighted by molar-refractivity contribution is 0.0978. The summed E-state index contributed by atoms with van der Waals surface area (Å²) in [5, 5.41) is 2.60. The van der Waals surface area contributed by atoms with E-state index in [-0.39, 0.29) is 11.7 Å². The highest BCUT2D eigenvalue weighted by Crippen LogP contribution is 2.04. The van der Waals surface area contributed by atoms with Crippen molar-refractivity contribution in [2.24, 2.45) is 0 Å². The van der Waals surface area contributed by atoms with Crippen LogP contribution in [0, 0.1) is 5.82 Å². The van der Waals surface area contributed by atoms with E-state index in [2.05, 4.69) is 5.32 Å². The van der Waals surface area contributed by atoms with Crippen molar-refractivity contribution in [2.75, 3.05) is 0 Å². The van der Waals surface area contributed by atoms with Crippen molar-refractivity contribution in [3.63, 3.8) is 0 Å². The van der Waals surface area contributed by atoms with Crippen LogP contribution in [0.4, 0.5) is 4.39 Å². The topological polar surface area (TPSA) is 29.1 Å². The molecule has 0 aliphatic rings. The third-order valence-corrected chi connectivity index (χ3v) is 2.71. The van der Waals surface area contributed by atoms with Crippen LogP contribution in [0.25, 0.3) is 0 Å². The Kier molecular flexibility index (Phi) is 3.79.